The highest BCUT2D eigenvalue weighted by Gasteiger charge is 2.18. The molecular weight excluding hydrogens is 398 g/mol. The monoisotopic (exact) mass is 427 g/mol. The van der Waals surface area contributed by atoms with Gasteiger partial charge in [0.25, 0.3) is 11.8 Å². The Morgan fingerprint density at radius 3 is 2.77 bits per heavy atom. The van der Waals surface area contributed by atoms with Crippen molar-refractivity contribution in [1.29, 1.82) is 0 Å². The molecule has 2 amide bonds. The van der Waals surface area contributed by atoms with Gasteiger partial charge in [-0.1, -0.05) is 19.4 Å². The van der Waals surface area contributed by atoms with Gasteiger partial charge in [0.1, 0.15) is 10.6 Å². The third-order valence-corrected chi connectivity index (χ3v) is 5.49. The summed E-state index contributed by atoms with van der Waals surface area (Å²) in [6.07, 6.45) is 1.99. The summed E-state index contributed by atoms with van der Waals surface area (Å²) in [5, 5.41) is 7.57. The molecule has 7 heteroatoms. The zero-order valence-corrected chi connectivity index (χ0v) is 18.3. The van der Waals surface area contributed by atoms with E-state index in [0.717, 1.165) is 24.2 Å². The van der Waals surface area contributed by atoms with Crippen molar-refractivity contribution < 1.29 is 15.8 Å². The molecule has 0 aliphatic heterocycles. The summed E-state index contributed by atoms with van der Waals surface area (Å²) in [5.74, 6) is 0.175. The first kappa shape index (κ1) is 21.6. The molecule has 30 heavy (non-hydrogen) atoms. The van der Waals surface area contributed by atoms with Crippen LogP contribution in [0.2, 0.25) is 0 Å². The number of ether oxygens (including phenoxy) is 1. The van der Waals surface area contributed by atoms with Crippen LogP contribution in [0.4, 0.5) is 5.69 Å². The normalized spacial score (nSPS) is 10.6. The Hall–Kier alpha value is -3.06. The van der Waals surface area contributed by atoms with Crippen molar-refractivity contribution in [3.05, 3.63) is 64.1 Å². The summed E-state index contributed by atoms with van der Waals surface area (Å²) < 4.78 is 7.66. The highest BCUT2D eigenvalue weighted by molar-refractivity contribution is 7.12. The Balaban J connectivity index is 0.00000341. The van der Waals surface area contributed by atoms with Crippen LogP contribution in [0.3, 0.4) is 0 Å². The molecule has 2 aromatic heterocycles. The summed E-state index contributed by atoms with van der Waals surface area (Å²) in [4.78, 5) is 25.2. The molecular formula is C23H29N3O3S. The van der Waals surface area contributed by atoms with Gasteiger partial charge in [-0.2, -0.15) is 0 Å². The quantitative estimate of drug-likeness (QED) is 0.515. The predicted molar refractivity (Wildman–Crippen MR) is 123 cm³/mol. The summed E-state index contributed by atoms with van der Waals surface area (Å²) in [7, 11) is 0. The van der Waals surface area contributed by atoms with E-state index in [0.29, 0.717) is 22.9 Å². The number of aromatic nitrogens is 1. The number of nitrogens with one attached hydrogen (secondary N) is 2. The van der Waals surface area contributed by atoms with Gasteiger partial charge < -0.3 is 19.9 Å². The SMILES string of the molecule is CCCc1ccc(C)n1-c1ccsc1C(=O)Nc1cccc(OCC(=O)NCC)c1.[HH]. The highest BCUT2D eigenvalue weighted by atomic mass is 32.1. The second kappa shape index (κ2) is 10.1. The molecule has 0 aliphatic rings. The van der Waals surface area contributed by atoms with Gasteiger partial charge in [-0.3, -0.25) is 9.59 Å². The number of aryl methyl sites for hydroxylation is 2. The van der Waals surface area contributed by atoms with Crippen LogP contribution in [0.1, 0.15) is 42.8 Å². The first-order chi connectivity index (χ1) is 14.5. The number of anilines is 1. The van der Waals surface area contributed by atoms with Gasteiger partial charge in [-0.05, 0) is 56.0 Å². The second-order valence-electron chi connectivity index (χ2n) is 6.91. The van der Waals surface area contributed by atoms with Crippen molar-refractivity contribution in [2.75, 3.05) is 18.5 Å². The molecule has 0 atom stereocenters. The standard InChI is InChI=1S/C23H27N3O3S.H2/c1-4-7-18-11-10-16(3)26(18)20-12-13-30-22(20)23(28)25-17-8-6-9-19(14-17)29-15-21(27)24-5-2;/h6,8-14H,4-5,7,15H2,1-3H3,(H,24,27)(H,25,28);1H. The predicted octanol–water partition coefficient (Wildman–Crippen LogP) is 4.81. The zero-order valence-electron chi connectivity index (χ0n) is 17.5. The smallest absolute Gasteiger partial charge is 0.267 e. The van der Waals surface area contributed by atoms with Crippen molar-refractivity contribution >= 4 is 28.8 Å². The molecule has 6 nitrogen and oxygen atoms in total. The van der Waals surface area contributed by atoms with E-state index < -0.39 is 0 Å². The van der Waals surface area contributed by atoms with Crippen LogP contribution in [-0.2, 0) is 11.2 Å². The van der Waals surface area contributed by atoms with E-state index in [9.17, 15) is 9.59 Å². The van der Waals surface area contributed by atoms with Crippen molar-refractivity contribution in [3.63, 3.8) is 0 Å². The molecule has 0 saturated heterocycles. The van der Waals surface area contributed by atoms with E-state index in [-0.39, 0.29) is 19.8 Å². The summed E-state index contributed by atoms with van der Waals surface area (Å²) in [6, 6.07) is 13.2. The maximum Gasteiger partial charge on any atom is 0.267 e. The molecule has 2 heterocycles. The fraction of sp³-hybridized carbons (Fsp3) is 0.304. The highest BCUT2D eigenvalue weighted by Crippen LogP contribution is 2.27. The Kier molecular flexibility index (Phi) is 7.30. The zero-order chi connectivity index (χ0) is 21.5. The van der Waals surface area contributed by atoms with Gasteiger partial charge in [-0.25, -0.2) is 0 Å². The maximum absolute atomic E-state index is 13.0. The number of carbonyl (C=O) groups is 2. The lowest BCUT2D eigenvalue weighted by Crippen LogP contribution is -2.28. The number of hydrogen-bond acceptors (Lipinski definition) is 4. The van der Waals surface area contributed by atoms with E-state index in [1.54, 1.807) is 24.3 Å². The number of nitrogens with zero attached hydrogens (tertiary/aromatic N) is 1. The number of thiophene rings is 1. The number of carbonyl (C=O) groups excluding carboxylic acids is 2. The lowest BCUT2D eigenvalue weighted by molar-refractivity contribution is -0.122. The Morgan fingerprint density at radius 1 is 1.17 bits per heavy atom. The molecule has 0 unspecified atom stereocenters. The van der Waals surface area contributed by atoms with Crippen molar-refractivity contribution in [2.24, 2.45) is 0 Å². The second-order valence-corrected chi connectivity index (χ2v) is 7.83. The Morgan fingerprint density at radius 2 is 2.00 bits per heavy atom. The Bertz CT molecular complexity index is 1030. The van der Waals surface area contributed by atoms with Crippen LogP contribution < -0.4 is 15.4 Å². The van der Waals surface area contributed by atoms with Crippen molar-refractivity contribution in [2.45, 2.75) is 33.6 Å². The van der Waals surface area contributed by atoms with Gasteiger partial charge in [0, 0.05) is 31.1 Å². The van der Waals surface area contributed by atoms with E-state index in [1.807, 2.05) is 25.3 Å². The minimum Gasteiger partial charge on any atom is -0.484 e. The van der Waals surface area contributed by atoms with Crippen LogP contribution in [0, 0.1) is 6.92 Å². The minimum atomic E-state index is -0.180. The van der Waals surface area contributed by atoms with E-state index in [1.165, 1.54) is 17.0 Å². The molecule has 0 radical (unpaired) electrons. The fourth-order valence-corrected chi connectivity index (χ4v) is 4.06. The average molecular weight is 428 g/mol. The first-order valence-electron chi connectivity index (χ1n) is 10.1. The number of benzene rings is 1. The van der Waals surface area contributed by atoms with E-state index >= 15 is 0 Å². The lowest BCUT2D eigenvalue weighted by Gasteiger charge is -2.13. The molecule has 0 bridgehead atoms. The third-order valence-electron chi connectivity index (χ3n) is 4.59. The minimum absolute atomic E-state index is 0. The molecule has 2 N–H and O–H groups in total. The van der Waals surface area contributed by atoms with Crippen LogP contribution in [0.5, 0.6) is 5.75 Å². The van der Waals surface area contributed by atoms with Gasteiger partial charge in [-0.15, -0.1) is 11.3 Å². The van der Waals surface area contributed by atoms with Crippen LogP contribution in [0.25, 0.3) is 5.69 Å². The molecule has 160 valence electrons. The lowest BCUT2D eigenvalue weighted by atomic mass is 10.2. The Labute approximate surface area is 182 Å². The van der Waals surface area contributed by atoms with E-state index in [2.05, 4.69) is 34.3 Å². The summed E-state index contributed by atoms with van der Waals surface area (Å²) in [5.41, 5.74) is 3.81. The van der Waals surface area contributed by atoms with Gasteiger partial charge in [0.2, 0.25) is 0 Å². The number of amides is 2. The van der Waals surface area contributed by atoms with Crippen LogP contribution in [-0.4, -0.2) is 29.5 Å². The van der Waals surface area contributed by atoms with Crippen molar-refractivity contribution in [1.82, 2.24) is 9.88 Å². The number of hydrogen-bond donors (Lipinski definition) is 2. The first-order valence-corrected chi connectivity index (χ1v) is 11.0. The third kappa shape index (κ3) is 5.10. The molecule has 1 aromatic carbocycles. The average Bonchev–Trinajstić information content (AvgIpc) is 3.34. The number of rotatable bonds is 9. The molecule has 0 fully saturated rings. The summed E-state index contributed by atoms with van der Waals surface area (Å²) >= 11 is 1.42. The topological polar surface area (TPSA) is 72.4 Å². The summed E-state index contributed by atoms with van der Waals surface area (Å²) in [6.45, 7) is 6.55. The molecule has 0 aliphatic carbocycles. The van der Waals surface area contributed by atoms with E-state index in [4.69, 9.17) is 4.74 Å². The molecule has 3 aromatic rings. The van der Waals surface area contributed by atoms with Gasteiger partial charge in [0.15, 0.2) is 6.61 Å². The molecule has 0 spiro atoms. The molecule has 3 rings (SSSR count). The van der Waals surface area contributed by atoms with Gasteiger partial charge in [0.05, 0.1) is 5.69 Å². The number of likely N-dealkylation sites (N-methyl/N-ethyl adjacent to an activating group) is 1. The van der Waals surface area contributed by atoms with Crippen molar-refractivity contribution in [3.8, 4) is 11.4 Å². The largest absolute Gasteiger partial charge is 0.484 e. The van der Waals surface area contributed by atoms with Crippen LogP contribution >= 0.6 is 11.3 Å². The molecule has 0 saturated carbocycles. The van der Waals surface area contributed by atoms with Gasteiger partial charge >= 0.3 is 0 Å². The fourth-order valence-electron chi connectivity index (χ4n) is 3.29. The maximum atomic E-state index is 13.0. The van der Waals surface area contributed by atoms with Crippen LogP contribution in [0.15, 0.2) is 47.8 Å².